The van der Waals surface area contributed by atoms with Crippen molar-refractivity contribution in [1.29, 1.82) is 0 Å². The highest BCUT2D eigenvalue weighted by Crippen LogP contribution is 2.32. The molecule has 1 rings (SSSR count). The maximum Gasteiger partial charge on any atom is 0.333 e. The van der Waals surface area contributed by atoms with Crippen LogP contribution in [0.2, 0.25) is 0 Å². The summed E-state index contributed by atoms with van der Waals surface area (Å²) in [7, 11) is 1.55. The Morgan fingerprint density at radius 3 is 2.55 bits per heavy atom. The van der Waals surface area contributed by atoms with Crippen LogP contribution in [0.25, 0.3) is 0 Å². The third kappa shape index (κ3) is 2.89. The summed E-state index contributed by atoms with van der Waals surface area (Å²) >= 11 is 0. The van der Waals surface area contributed by atoms with Crippen molar-refractivity contribution in [3.05, 3.63) is 15.8 Å². The van der Waals surface area contributed by atoms with Crippen molar-refractivity contribution in [2.24, 2.45) is 0 Å². The van der Waals surface area contributed by atoms with Crippen LogP contribution in [0.15, 0.2) is 0 Å². The molecule has 0 aliphatic rings. The van der Waals surface area contributed by atoms with Crippen LogP contribution in [0, 0.1) is 17.0 Å². The summed E-state index contributed by atoms with van der Waals surface area (Å²) in [5.74, 6) is -0.755. The van der Waals surface area contributed by atoms with Gasteiger partial charge in [0.25, 0.3) is 0 Å². The smallest absolute Gasteiger partial charge is 0.333 e. The van der Waals surface area contributed by atoms with Gasteiger partial charge in [0.2, 0.25) is 5.82 Å². The SMILES string of the molecule is CCCn1nc(C)c([N+](=O)[O-])c1N(C)C(CC)C(=O)O. The van der Waals surface area contributed by atoms with Crippen LogP contribution in [-0.4, -0.2) is 38.9 Å². The van der Waals surface area contributed by atoms with Gasteiger partial charge in [-0.05, 0) is 19.8 Å². The van der Waals surface area contributed by atoms with Gasteiger partial charge in [0.1, 0.15) is 11.7 Å². The Kier molecular flexibility index (Phi) is 5.06. The summed E-state index contributed by atoms with van der Waals surface area (Å²) in [6.07, 6.45) is 1.10. The summed E-state index contributed by atoms with van der Waals surface area (Å²) in [4.78, 5) is 23.4. The molecule has 0 aromatic carbocycles. The normalized spacial score (nSPS) is 12.2. The average Bonchev–Trinajstić information content (AvgIpc) is 2.66. The lowest BCUT2D eigenvalue weighted by molar-refractivity contribution is -0.384. The van der Waals surface area contributed by atoms with Crippen LogP contribution in [0.1, 0.15) is 32.4 Å². The van der Waals surface area contributed by atoms with Gasteiger partial charge in [-0.3, -0.25) is 10.1 Å². The molecule has 1 heterocycles. The first kappa shape index (κ1) is 15.9. The Morgan fingerprint density at radius 2 is 2.15 bits per heavy atom. The van der Waals surface area contributed by atoms with E-state index in [1.807, 2.05) is 6.92 Å². The topological polar surface area (TPSA) is 101 Å². The quantitative estimate of drug-likeness (QED) is 0.605. The number of rotatable bonds is 7. The highest BCUT2D eigenvalue weighted by molar-refractivity contribution is 5.79. The molecule has 1 atom stereocenters. The molecule has 112 valence electrons. The number of carbonyl (C=O) groups is 1. The van der Waals surface area contributed by atoms with Gasteiger partial charge in [-0.25, -0.2) is 9.48 Å². The van der Waals surface area contributed by atoms with E-state index in [0.717, 1.165) is 6.42 Å². The monoisotopic (exact) mass is 284 g/mol. The summed E-state index contributed by atoms with van der Waals surface area (Å²) in [6.45, 7) is 5.73. The lowest BCUT2D eigenvalue weighted by atomic mass is 10.2. The number of hydrogen-bond acceptors (Lipinski definition) is 5. The van der Waals surface area contributed by atoms with Crippen LogP contribution >= 0.6 is 0 Å². The minimum Gasteiger partial charge on any atom is -0.480 e. The third-order valence-electron chi connectivity index (χ3n) is 3.16. The molecular weight excluding hydrogens is 264 g/mol. The van der Waals surface area contributed by atoms with E-state index in [2.05, 4.69) is 5.10 Å². The molecule has 8 nitrogen and oxygen atoms in total. The predicted molar refractivity (Wildman–Crippen MR) is 74.0 cm³/mol. The van der Waals surface area contributed by atoms with E-state index in [0.29, 0.717) is 18.7 Å². The molecule has 0 bridgehead atoms. The van der Waals surface area contributed by atoms with E-state index in [-0.39, 0.29) is 11.5 Å². The second kappa shape index (κ2) is 6.36. The van der Waals surface area contributed by atoms with Gasteiger partial charge in [-0.1, -0.05) is 13.8 Å². The predicted octanol–water partition coefficient (Wildman–Crippen LogP) is 1.81. The molecule has 0 spiro atoms. The molecule has 20 heavy (non-hydrogen) atoms. The minimum atomic E-state index is -1.01. The van der Waals surface area contributed by atoms with Crippen molar-refractivity contribution in [3.8, 4) is 0 Å². The molecule has 1 aromatic rings. The third-order valence-corrected chi connectivity index (χ3v) is 3.16. The zero-order valence-electron chi connectivity index (χ0n) is 12.2. The summed E-state index contributed by atoms with van der Waals surface area (Å²) in [5.41, 5.74) is 0.172. The number of carboxylic acid groups (broad SMARTS) is 1. The number of aromatic nitrogens is 2. The Hall–Kier alpha value is -2.12. The lowest BCUT2D eigenvalue weighted by Gasteiger charge is -2.25. The van der Waals surface area contributed by atoms with Gasteiger partial charge in [-0.2, -0.15) is 5.10 Å². The molecule has 0 aliphatic carbocycles. The Morgan fingerprint density at radius 1 is 1.55 bits per heavy atom. The average molecular weight is 284 g/mol. The van der Waals surface area contributed by atoms with E-state index in [1.165, 1.54) is 9.58 Å². The van der Waals surface area contributed by atoms with Crippen molar-refractivity contribution < 1.29 is 14.8 Å². The molecular formula is C12H20N4O4. The number of likely N-dealkylation sites (N-methyl/N-ethyl adjacent to an activating group) is 1. The highest BCUT2D eigenvalue weighted by atomic mass is 16.6. The van der Waals surface area contributed by atoms with Gasteiger partial charge < -0.3 is 10.0 Å². The molecule has 8 heteroatoms. The Balaban J connectivity index is 3.39. The van der Waals surface area contributed by atoms with E-state index in [9.17, 15) is 20.0 Å². The second-order valence-electron chi connectivity index (χ2n) is 4.61. The van der Waals surface area contributed by atoms with Crippen molar-refractivity contribution in [1.82, 2.24) is 9.78 Å². The van der Waals surface area contributed by atoms with Gasteiger partial charge in [0, 0.05) is 13.6 Å². The van der Waals surface area contributed by atoms with Crippen LogP contribution in [0.3, 0.4) is 0 Å². The summed E-state index contributed by atoms with van der Waals surface area (Å²) in [6, 6.07) is -0.819. The van der Waals surface area contributed by atoms with E-state index < -0.39 is 16.9 Å². The number of nitrogens with zero attached hydrogens (tertiary/aromatic N) is 4. The Labute approximate surface area is 117 Å². The van der Waals surface area contributed by atoms with Crippen molar-refractivity contribution in [2.45, 2.75) is 46.2 Å². The minimum absolute atomic E-state index is 0.124. The molecule has 0 radical (unpaired) electrons. The first-order chi connectivity index (χ1) is 9.34. The molecule has 1 unspecified atom stereocenters. The summed E-state index contributed by atoms with van der Waals surface area (Å²) in [5, 5.41) is 24.6. The Bertz CT molecular complexity index is 512. The fraction of sp³-hybridized carbons (Fsp3) is 0.667. The number of anilines is 1. The van der Waals surface area contributed by atoms with Gasteiger partial charge in [-0.15, -0.1) is 0 Å². The molecule has 1 N–H and O–H groups in total. The second-order valence-corrected chi connectivity index (χ2v) is 4.61. The highest BCUT2D eigenvalue weighted by Gasteiger charge is 2.32. The maximum absolute atomic E-state index is 11.3. The van der Waals surface area contributed by atoms with Crippen LogP contribution in [0.5, 0.6) is 0 Å². The fourth-order valence-corrected chi connectivity index (χ4v) is 2.25. The molecule has 0 amide bonds. The van der Waals surface area contributed by atoms with E-state index >= 15 is 0 Å². The number of carboxylic acids is 1. The zero-order chi connectivity index (χ0) is 15.4. The largest absolute Gasteiger partial charge is 0.480 e. The molecule has 0 aliphatic heterocycles. The van der Waals surface area contributed by atoms with Gasteiger partial charge in [0.15, 0.2) is 0 Å². The summed E-state index contributed by atoms with van der Waals surface area (Å²) < 4.78 is 1.51. The van der Waals surface area contributed by atoms with Crippen LogP contribution in [-0.2, 0) is 11.3 Å². The molecule has 0 fully saturated rings. The van der Waals surface area contributed by atoms with Crippen LogP contribution < -0.4 is 4.90 Å². The fourth-order valence-electron chi connectivity index (χ4n) is 2.25. The maximum atomic E-state index is 11.3. The zero-order valence-corrected chi connectivity index (χ0v) is 12.2. The molecule has 1 aromatic heterocycles. The van der Waals surface area contributed by atoms with Gasteiger partial charge in [0.05, 0.1) is 4.92 Å². The van der Waals surface area contributed by atoms with Crippen LogP contribution in [0.4, 0.5) is 11.5 Å². The van der Waals surface area contributed by atoms with Crippen molar-refractivity contribution in [3.63, 3.8) is 0 Å². The van der Waals surface area contributed by atoms with Crippen molar-refractivity contribution in [2.75, 3.05) is 11.9 Å². The van der Waals surface area contributed by atoms with E-state index in [4.69, 9.17) is 0 Å². The van der Waals surface area contributed by atoms with Gasteiger partial charge >= 0.3 is 11.7 Å². The van der Waals surface area contributed by atoms with E-state index in [1.54, 1.807) is 20.9 Å². The molecule has 0 saturated heterocycles. The molecule has 0 saturated carbocycles. The number of aliphatic carboxylic acids is 1. The lowest BCUT2D eigenvalue weighted by Crippen LogP contribution is -2.39. The van der Waals surface area contributed by atoms with Crippen molar-refractivity contribution >= 4 is 17.5 Å². The first-order valence-electron chi connectivity index (χ1n) is 6.52. The first-order valence-corrected chi connectivity index (χ1v) is 6.52. The standard InChI is InChI=1S/C12H20N4O4/c1-5-7-15-11(10(16(19)20)8(3)13-15)14(4)9(6-2)12(17)18/h9H,5-7H2,1-4H3,(H,17,18). The number of hydrogen-bond donors (Lipinski definition) is 1. The number of nitro groups is 1. The number of aryl methyl sites for hydroxylation is 2.